The zero-order valence-corrected chi connectivity index (χ0v) is 17.2. The molecule has 2 heterocycles. The molecular weight excluding hydrogens is 376 g/mol. The molecule has 3 rings (SSSR count). The number of amides is 1. The lowest BCUT2D eigenvalue weighted by atomic mass is 9.98. The number of nitrogens with zero attached hydrogens (tertiary/aromatic N) is 4. The molecule has 1 amide bonds. The smallest absolute Gasteiger partial charge is 0.310 e. The third-order valence-electron chi connectivity index (χ3n) is 4.78. The zero-order valence-electron chi connectivity index (χ0n) is 16.3. The van der Waals surface area contributed by atoms with Gasteiger partial charge in [-0.25, -0.2) is 0 Å². The monoisotopic (exact) mass is 402 g/mol. The Morgan fingerprint density at radius 3 is 2.71 bits per heavy atom. The van der Waals surface area contributed by atoms with Crippen LogP contribution in [0.25, 0.3) is 11.4 Å². The molecule has 1 atom stereocenters. The number of aromatic nitrogens is 3. The van der Waals surface area contributed by atoms with Crippen LogP contribution in [0.4, 0.5) is 0 Å². The lowest BCUT2D eigenvalue weighted by Gasteiger charge is -2.31. The van der Waals surface area contributed by atoms with Crippen molar-refractivity contribution in [1.82, 2.24) is 19.7 Å². The highest BCUT2D eigenvalue weighted by Gasteiger charge is 2.29. The molecule has 0 radical (unpaired) electrons. The first kappa shape index (κ1) is 20.4. The third-order valence-corrected chi connectivity index (χ3v) is 5.74. The molecular formula is C20H26N4O3S. The maximum atomic E-state index is 12.7. The number of ether oxygens (including phenoxy) is 1. The van der Waals surface area contributed by atoms with E-state index in [1.54, 1.807) is 11.8 Å². The SMILES string of the molecule is CCOC(=O)C1CCCN(C(=O)CSc2nnc(-c3ccccc3)n2CC)C1. The number of piperidine rings is 1. The Kier molecular flexibility index (Phi) is 7.08. The summed E-state index contributed by atoms with van der Waals surface area (Å²) >= 11 is 1.39. The molecule has 1 aliphatic heterocycles. The van der Waals surface area contributed by atoms with Gasteiger partial charge in [-0.15, -0.1) is 10.2 Å². The van der Waals surface area contributed by atoms with Gasteiger partial charge in [-0.2, -0.15) is 0 Å². The number of hydrogen-bond acceptors (Lipinski definition) is 6. The largest absolute Gasteiger partial charge is 0.466 e. The Balaban J connectivity index is 1.62. The standard InChI is InChI=1S/C20H26N4O3S/c1-3-24-18(15-9-6-5-7-10-15)21-22-20(24)28-14-17(25)23-12-8-11-16(13-23)19(26)27-4-2/h5-7,9-10,16H,3-4,8,11-14H2,1-2H3. The maximum Gasteiger partial charge on any atom is 0.310 e. The average Bonchev–Trinajstić information content (AvgIpc) is 3.16. The van der Waals surface area contributed by atoms with Crippen molar-refractivity contribution >= 4 is 23.6 Å². The molecule has 1 fully saturated rings. The van der Waals surface area contributed by atoms with Crippen LogP contribution in [-0.4, -0.2) is 57.0 Å². The Morgan fingerprint density at radius 1 is 1.21 bits per heavy atom. The molecule has 28 heavy (non-hydrogen) atoms. The summed E-state index contributed by atoms with van der Waals surface area (Å²) in [7, 11) is 0. The van der Waals surface area contributed by atoms with E-state index >= 15 is 0 Å². The first-order valence-electron chi connectivity index (χ1n) is 9.69. The van der Waals surface area contributed by atoms with Gasteiger partial charge in [0.05, 0.1) is 18.3 Å². The van der Waals surface area contributed by atoms with Crippen LogP contribution in [0, 0.1) is 5.92 Å². The lowest BCUT2D eigenvalue weighted by molar-refractivity contribution is -0.151. The first-order chi connectivity index (χ1) is 13.6. The van der Waals surface area contributed by atoms with E-state index in [4.69, 9.17) is 4.74 Å². The molecule has 150 valence electrons. The summed E-state index contributed by atoms with van der Waals surface area (Å²) in [5.74, 6) is 0.685. The maximum absolute atomic E-state index is 12.7. The lowest BCUT2D eigenvalue weighted by Crippen LogP contribution is -2.43. The minimum absolute atomic E-state index is 0.0194. The van der Waals surface area contributed by atoms with Gasteiger partial charge >= 0.3 is 5.97 Å². The predicted molar refractivity (Wildman–Crippen MR) is 108 cm³/mol. The van der Waals surface area contributed by atoms with E-state index in [0.717, 1.165) is 35.9 Å². The van der Waals surface area contributed by atoms with Crippen molar-refractivity contribution in [2.24, 2.45) is 5.92 Å². The Labute approximate surface area is 169 Å². The summed E-state index contributed by atoms with van der Waals surface area (Å²) in [6.45, 7) is 6.06. The number of rotatable bonds is 7. The van der Waals surface area contributed by atoms with Crippen molar-refractivity contribution in [2.75, 3.05) is 25.4 Å². The Hall–Kier alpha value is -2.35. The summed E-state index contributed by atoms with van der Waals surface area (Å²) in [4.78, 5) is 26.4. The van der Waals surface area contributed by atoms with Crippen molar-refractivity contribution < 1.29 is 14.3 Å². The van der Waals surface area contributed by atoms with Gasteiger partial charge < -0.3 is 14.2 Å². The van der Waals surface area contributed by atoms with Crippen molar-refractivity contribution in [3.63, 3.8) is 0 Å². The molecule has 1 saturated heterocycles. The molecule has 1 aromatic carbocycles. The fourth-order valence-corrected chi connectivity index (χ4v) is 4.26. The van der Waals surface area contributed by atoms with Crippen LogP contribution in [0.5, 0.6) is 0 Å². The molecule has 1 unspecified atom stereocenters. The highest BCUT2D eigenvalue weighted by molar-refractivity contribution is 7.99. The number of likely N-dealkylation sites (tertiary alicyclic amines) is 1. The van der Waals surface area contributed by atoms with E-state index < -0.39 is 0 Å². The van der Waals surface area contributed by atoms with E-state index in [9.17, 15) is 9.59 Å². The quantitative estimate of drug-likeness (QED) is 0.524. The zero-order chi connectivity index (χ0) is 19.9. The van der Waals surface area contributed by atoms with E-state index in [2.05, 4.69) is 10.2 Å². The molecule has 1 aliphatic rings. The van der Waals surface area contributed by atoms with Gasteiger partial charge in [0.2, 0.25) is 5.91 Å². The van der Waals surface area contributed by atoms with Crippen molar-refractivity contribution in [3.8, 4) is 11.4 Å². The number of carbonyl (C=O) groups is 2. The second-order valence-electron chi connectivity index (χ2n) is 6.64. The summed E-state index contributed by atoms with van der Waals surface area (Å²) in [6, 6.07) is 9.90. The van der Waals surface area contributed by atoms with Gasteiger partial charge in [-0.3, -0.25) is 9.59 Å². The van der Waals surface area contributed by atoms with Gasteiger partial charge in [0.1, 0.15) is 0 Å². The van der Waals surface area contributed by atoms with Crippen LogP contribution in [0.2, 0.25) is 0 Å². The van der Waals surface area contributed by atoms with E-state index in [1.165, 1.54) is 11.8 Å². The first-order valence-corrected chi connectivity index (χ1v) is 10.7. The van der Waals surface area contributed by atoms with Crippen LogP contribution in [0.15, 0.2) is 35.5 Å². The molecule has 0 bridgehead atoms. The molecule has 1 aromatic heterocycles. The highest BCUT2D eigenvalue weighted by Crippen LogP contribution is 2.25. The van der Waals surface area contributed by atoms with Gasteiger partial charge in [-0.1, -0.05) is 42.1 Å². The van der Waals surface area contributed by atoms with Gasteiger partial charge in [-0.05, 0) is 26.7 Å². The van der Waals surface area contributed by atoms with E-state index in [0.29, 0.717) is 19.7 Å². The number of hydrogen-bond donors (Lipinski definition) is 0. The molecule has 0 aliphatic carbocycles. The fraction of sp³-hybridized carbons (Fsp3) is 0.500. The molecule has 8 heteroatoms. The average molecular weight is 403 g/mol. The number of esters is 1. The summed E-state index contributed by atoms with van der Waals surface area (Å²) in [6.07, 6.45) is 1.60. The molecule has 0 saturated carbocycles. The predicted octanol–water partition coefficient (Wildman–Crippen LogP) is 2.86. The molecule has 0 N–H and O–H groups in total. The Bertz CT molecular complexity index is 809. The third kappa shape index (κ3) is 4.73. The van der Waals surface area contributed by atoms with Gasteiger partial charge in [0.25, 0.3) is 0 Å². The number of thioether (sulfide) groups is 1. The molecule has 2 aromatic rings. The normalized spacial score (nSPS) is 16.8. The molecule has 7 nitrogen and oxygen atoms in total. The molecule has 0 spiro atoms. The van der Waals surface area contributed by atoms with Crippen LogP contribution in [-0.2, 0) is 20.9 Å². The summed E-state index contributed by atoms with van der Waals surface area (Å²) in [5.41, 5.74) is 1.00. The van der Waals surface area contributed by atoms with Crippen LogP contribution < -0.4 is 0 Å². The van der Waals surface area contributed by atoms with Crippen LogP contribution in [0.3, 0.4) is 0 Å². The highest BCUT2D eigenvalue weighted by atomic mass is 32.2. The fourth-order valence-electron chi connectivity index (χ4n) is 3.36. The second kappa shape index (κ2) is 9.73. The minimum Gasteiger partial charge on any atom is -0.466 e. The van der Waals surface area contributed by atoms with Gasteiger partial charge in [0.15, 0.2) is 11.0 Å². The summed E-state index contributed by atoms with van der Waals surface area (Å²) in [5, 5.41) is 9.32. The van der Waals surface area contributed by atoms with Crippen molar-refractivity contribution in [1.29, 1.82) is 0 Å². The van der Waals surface area contributed by atoms with E-state index in [1.807, 2.05) is 41.8 Å². The summed E-state index contributed by atoms with van der Waals surface area (Å²) < 4.78 is 7.13. The topological polar surface area (TPSA) is 77.3 Å². The van der Waals surface area contributed by atoms with Crippen molar-refractivity contribution in [2.45, 2.75) is 38.4 Å². The number of benzene rings is 1. The second-order valence-corrected chi connectivity index (χ2v) is 7.58. The minimum atomic E-state index is -0.216. The van der Waals surface area contributed by atoms with E-state index in [-0.39, 0.29) is 23.5 Å². The van der Waals surface area contributed by atoms with Crippen LogP contribution in [0.1, 0.15) is 26.7 Å². The van der Waals surface area contributed by atoms with Crippen molar-refractivity contribution in [3.05, 3.63) is 30.3 Å². The Morgan fingerprint density at radius 2 is 2.00 bits per heavy atom. The van der Waals surface area contributed by atoms with Gasteiger partial charge in [0, 0.05) is 25.2 Å². The van der Waals surface area contributed by atoms with Crippen LogP contribution >= 0.6 is 11.8 Å². The number of carbonyl (C=O) groups excluding carboxylic acids is 2.